The van der Waals surface area contributed by atoms with Crippen molar-refractivity contribution >= 4 is 6.09 Å². The third-order valence-corrected chi connectivity index (χ3v) is 4.54. The minimum Gasteiger partial charge on any atom is -0.444 e. The van der Waals surface area contributed by atoms with Crippen LogP contribution in [0.25, 0.3) is 0 Å². The second-order valence-electron chi connectivity index (χ2n) is 8.26. The Morgan fingerprint density at radius 1 is 1.03 bits per heavy atom. The average molecular weight is 408 g/mol. The number of nitrogens with one attached hydrogen (secondary N) is 1. The van der Waals surface area contributed by atoms with Crippen LogP contribution in [0.3, 0.4) is 0 Å². The zero-order valence-electron chi connectivity index (χ0n) is 17.8. The number of aromatic nitrogens is 4. The van der Waals surface area contributed by atoms with Gasteiger partial charge < -0.3 is 10.1 Å². The van der Waals surface area contributed by atoms with Crippen molar-refractivity contribution < 1.29 is 9.53 Å². The van der Waals surface area contributed by atoms with Crippen molar-refractivity contribution in [3.8, 4) is 0 Å². The number of carbonyl (C=O) groups is 1. The molecule has 30 heavy (non-hydrogen) atoms. The first-order valence-corrected chi connectivity index (χ1v) is 10.2. The summed E-state index contributed by atoms with van der Waals surface area (Å²) in [5.41, 5.74) is 1.78. The number of alkyl carbamates (subject to hydrolysis) is 1. The molecule has 1 N–H and O–H groups in total. The highest BCUT2D eigenvalue weighted by Crippen LogP contribution is 2.20. The number of amides is 1. The van der Waals surface area contributed by atoms with E-state index in [2.05, 4.69) is 33.0 Å². The molecule has 1 heterocycles. The minimum absolute atomic E-state index is 0.345. The van der Waals surface area contributed by atoms with Crippen LogP contribution in [0.4, 0.5) is 4.79 Å². The lowest BCUT2D eigenvalue weighted by Crippen LogP contribution is -2.36. The number of nitrogens with zero attached hydrogens (tertiary/aromatic N) is 4. The van der Waals surface area contributed by atoms with E-state index in [-0.39, 0.29) is 6.04 Å². The van der Waals surface area contributed by atoms with Crippen molar-refractivity contribution in [3.63, 3.8) is 0 Å². The topological polar surface area (TPSA) is 81.9 Å². The van der Waals surface area contributed by atoms with E-state index in [0.717, 1.165) is 18.4 Å². The first-order valence-electron chi connectivity index (χ1n) is 10.2. The summed E-state index contributed by atoms with van der Waals surface area (Å²) in [5.74, 6) is 0.623. The summed E-state index contributed by atoms with van der Waals surface area (Å²) in [6.45, 7) is 6.07. The molecule has 0 spiro atoms. The maximum atomic E-state index is 12.5. The number of tetrazole rings is 1. The molecule has 0 aliphatic rings. The molecule has 1 atom stereocenters. The number of hydrogen-bond donors (Lipinski definition) is 1. The second kappa shape index (κ2) is 10.0. The molecule has 3 rings (SSSR count). The van der Waals surface area contributed by atoms with Gasteiger partial charge in [-0.3, -0.25) is 0 Å². The summed E-state index contributed by atoms with van der Waals surface area (Å²) >= 11 is 0. The van der Waals surface area contributed by atoms with Gasteiger partial charge in [0, 0.05) is 0 Å². The summed E-state index contributed by atoms with van der Waals surface area (Å²) in [7, 11) is 0. The summed E-state index contributed by atoms with van der Waals surface area (Å²) in [5, 5.41) is 15.2. The molecule has 0 aliphatic heterocycles. The van der Waals surface area contributed by atoms with Gasteiger partial charge in [-0.15, -0.1) is 5.10 Å². The lowest BCUT2D eigenvalue weighted by Gasteiger charge is -2.23. The van der Waals surface area contributed by atoms with Crippen LogP contribution in [-0.4, -0.2) is 31.9 Å². The van der Waals surface area contributed by atoms with Gasteiger partial charge in [-0.1, -0.05) is 60.7 Å². The quantitative estimate of drug-likeness (QED) is 0.602. The van der Waals surface area contributed by atoms with Gasteiger partial charge in [0.05, 0.1) is 12.6 Å². The number of aryl methyl sites for hydroxylation is 1. The predicted octanol–water partition coefficient (Wildman–Crippen LogP) is 4.31. The number of ether oxygens (including phenoxy) is 1. The first-order chi connectivity index (χ1) is 14.4. The Kier molecular flexibility index (Phi) is 7.17. The van der Waals surface area contributed by atoms with Crippen LogP contribution in [0.1, 0.15) is 56.6 Å². The number of benzene rings is 2. The van der Waals surface area contributed by atoms with E-state index in [9.17, 15) is 4.79 Å². The zero-order valence-corrected chi connectivity index (χ0v) is 17.8. The third kappa shape index (κ3) is 6.69. The van der Waals surface area contributed by atoms with Gasteiger partial charge in [0.25, 0.3) is 0 Å². The van der Waals surface area contributed by atoms with Crippen LogP contribution in [0, 0.1) is 0 Å². The molecule has 2 aromatic carbocycles. The molecule has 1 aromatic heterocycles. The normalized spacial score (nSPS) is 12.4. The zero-order chi connectivity index (χ0) is 21.4. The van der Waals surface area contributed by atoms with Gasteiger partial charge >= 0.3 is 6.09 Å². The molecule has 3 aromatic rings. The standard InChI is InChI=1S/C23H29N5O2/c1-23(2,3)30-22(29)24-20(16-10-15-18-11-6-4-7-12-18)21-25-26-27-28(21)17-19-13-8-5-9-14-19/h4-9,11-14,20H,10,15-17H2,1-3H3,(H,24,29)/t20-/m1/s1. The maximum Gasteiger partial charge on any atom is 0.408 e. The van der Waals surface area contributed by atoms with E-state index in [0.29, 0.717) is 18.8 Å². The van der Waals surface area contributed by atoms with E-state index in [1.807, 2.05) is 69.3 Å². The first kappa shape index (κ1) is 21.5. The van der Waals surface area contributed by atoms with Crippen molar-refractivity contribution in [1.29, 1.82) is 0 Å². The molecule has 0 aliphatic carbocycles. The van der Waals surface area contributed by atoms with Crippen LogP contribution < -0.4 is 5.32 Å². The Bertz CT molecular complexity index is 920. The Balaban J connectivity index is 1.73. The highest BCUT2D eigenvalue weighted by atomic mass is 16.6. The van der Waals surface area contributed by atoms with Gasteiger partial charge in [0.15, 0.2) is 5.82 Å². The minimum atomic E-state index is -0.575. The Morgan fingerprint density at radius 3 is 2.30 bits per heavy atom. The fourth-order valence-electron chi connectivity index (χ4n) is 3.20. The van der Waals surface area contributed by atoms with Gasteiger partial charge in [-0.2, -0.15) is 0 Å². The second-order valence-corrected chi connectivity index (χ2v) is 8.26. The third-order valence-electron chi connectivity index (χ3n) is 4.54. The lowest BCUT2D eigenvalue weighted by atomic mass is 10.0. The van der Waals surface area contributed by atoms with Crippen LogP contribution in [-0.2, 0) is 17.7 Å². The molecule has 0 saturated heterocycles. The van der Waals surface area contributed by atoms with E-state index in [1.54, 1.807) is 4.68 Å². The number of rotatable bonds is 8. The molecule has 7 heteroatoms. The molecule has 1 amide bonds. The van der Waals surface area contributed by atoms with E-state index in [1.165, 1.54) is 5.56 Å². The Morgan fingerprint density at radius 2 is 1.67 bits per heavy atom. The summed E-state index contributed by atoms with van der Waals surface area (Å²) in [6.07, 6.45) is 2.01. The van der Waals surface area contributed by atoms with Crippen LogP contribution in [0.15, 0.2) is 60.7 Å². The van der Waals surface area contributed by atoms with Gasteiger partial charge in [-0.05, 0) is 61.6 Å². The molecule has 0 bridgehead atoms. The molecule has 158 valence electrons. The van der Waals surface area contributed by atoms with E-state index < -0.39 is 11.7 Å². The van der Waals surface area contributed by atoms with E-state index >= 15 is 0 Å². The number of carbonyl (C=O) groups excluding carboxylic acids is 1. The molecule has 0 unspecified atom stereocenters. The monoisotopic (exact) mass is 407 g/mol. The fourth-order valence-corrected chi connectivity index (χ4v) is 3.20. The van der Waals surface area contributed by atoms with E-state index in [4.69, 9.17) is 4.74 Å². The molecule has 0 saturated carbocycles. The predicted molar refractivity (Wildman–Crippen MR) is 115 cm³/mol. The smallest absolute Gasteiger partial charge is 0.408 e. The van der Waals surface area contributed by atoms with Crippen molar-refractivity contribution in [2.75, 3.05) is 0 Å². The highest BCUT2D eigenvalue weighted by molar-refractivity contribution is 5.68. The Labute approximate surface area is 177 Å². The van der Waals surface area contributed by atoms with Crippen LogP contribution in [0.5, 0.6) is 0 Å². The number of hydrogen-bond acceptors (Lipinski definition) is 5. The molecule has 0 radical (unpaired) electrons. The lowest BCUT2D eigenvalue weighted by molar-refractivity contribution is 0.0497. The molecular formula is C23H29N5O2. The average Bonchev–Trinajstić information content (AvgIpc) is 3.15. The maximum absolute atomic E-state index is 12.5. The molecular weight excluding hydrogens is 378 g/mol. The van der Waals surface area contributed by atoms with Crippen LogP contribution in [0.2, 0.25) is 0 Å². The largest absolute Gasteiger partial charge is 0.444 e. The summed E-state index contributed by atoms with van der Waals surface area (Å²) in [4.78, 5) is 12.5. The summed E-state index contributed by atoms with van der Waals surface area (Å²) in [6, 6.07) is 19.9. The highest BCUT2D eigenvalue weighted by Gasteiger charge is 2.24. The van der Waals surface area contributed by atoms with Crippen LogP contribution >= 0.6 is 0 Å². The van der Waals surface area contributed by atoms with Crippen molar-refractivity contribution in [2.45, 2.75) is 58.2 Å². The van der Waals surface area contributed by atoms with Gasteiger partial charge in [-0.25, -0.2) is 9.48 Å². The molecule has 7 nitrogen and oxygen atoms in total. The van der Waals surface area contributed by atoms with Crippen molar-refractivity contribution in [1.82, 2.24) is 25.5 Å². The fraction of sp³-hybridized carbons (Fsp3) is 0.391. The Hall–Kier alpha value is -3.22. The van der Waals surface area contributed by atoms with Gasteiger partial charge in [0.1, 0.15) is 5.60 Å². The van der Waals surface area contributed by atoms with Gasteiger partial charge in [0.2, 0.25) is 0 Å². The molecule has 0 fully saturated rings. The van der Waals surface area contributed by atoms with Crippen molar-refractivity contribution in [2.24, 2.45) is 0 Å². The SMILES string of the molecule is CC(C)(C)OC(=O)N[C@H](CCCc1ccccc1)c1nnnn1Cc1ccccc1. The van der Waals surface area contributed by atoms with Crippen molar-refractivity contribution in [3.05, 3.63) is 77.6 Å². The summed E-state index contributed by atoms with van der Waals surface area (Å²) < 4.78 is 7.20.